The smallest absolute Gasteiger partial charge is 0.261 e. The molecule has 1 amide bonds. The molecule has 3 rings (SSSR count). The lowest BCUT2D eigenvalue weighted by Gasteiger charge is -2.29. The Morgan fingerprint density at radius 3 is 2.46 bits per heavy atom. The first kappa shape index (κ1) is 19.9. The summed E-state index contributed by atoms with van der Waals surface area (Å²) in [5, 5.41) is 0. The van der Waals surface area contributed by atoms with Crippen LogP contribution in [0.25, 0.3) is 0 Å². The van der Waals surface area contributed by atoms with Gasteiger partial charge in [0.15, 0.2) is 12.4 Å². The summed E-state index contributed by atoms with van der Waals surface area (Å²) in [4.78, 5) is 26.8. The van der Waals surface area contributed by atoms with Crippen LogP contribution in [0.1, 0.15) is 42.6 Å². The number of hydrogen-bond donors (Lipinski definition) is 0. The fourth-order valence-corrected chi connectivity index (χ4v) is 3.33. The summed E-state index contributed by atoms with van der Waals surface area (Å²) < 4.78 is 11.0. The fraction of sp³-hybridized carbons (Fsp3) is 0.391. The summed E-state index contributed by atoms with van der Waals surface area (Å²) in [5.41, 5.74) is 1.53. The van der Waals surface area contributed by atoms with Crippen molar-refractivity contribution in [1.82, 2.24) is 4.90 Å². The normalized spacial score (nSPS) is 14.2. The van der Waals surface area contributed by atoms with Crippen LogP contribution >= 0.6 is 0 Å². The molecular formula is C23H27NO4. The number of ketones is 1. The van der Waals surface area contributed by atoms with Crippen LogP contribution in [0.2, 0.25) is 0 Å². The Kier molecular flexibility index (Phi) is 6.34. The Morgan fingerprint density at radius 2 is 1.86 bits per heavy atom. The number of nitrogens with zero attached hydrogens (tertiary/aromatic N) is 1. The highest BCUT2D eigenvalue weighted by Crippen LogP contribution is 2.36. The lowest BCUT2D eigenvalue weighted by atomic mass is 10.1. The van der Waals surface area contributed by atoms with Gasteiger partial charge < -0.3 is 14.4 Å². The molecule has 2 aromatic carbocycles. The molecule has 0 heterocycles. The summed E-state index contributed by atoms with van der Waals surface area (Å²) in [6.07, 6.45) is 2.32. The number of amides is 1. The lowest BCUT2D eigenvalue weighted by Crippen LogP contribution is -2.42. The molecule has 5 nitrogen and oxygen atoms in total. The van der Waals surface area contributed by atoms with Crippen molar-refractivity contribution in [2.75, 3.05) is 13.7 Å². The van der Waals surface area contributed by atoms with E-state index >= 15 is 0 Å². The average molecular weight is 381 g/mol. The molecule has 0 saturated heterocycles. The van der Waals surface area contributed by atoms with Gasteiger partial charge >= 0.3 is 0 Å². The van der Waals surface area contributed by atoms with Crippen LogP contribution < -0.4 is 9.47 Å². The predicted octanol–water partition coefficient (Wildman–Crippen LogP) is 4.10. The number of benzene rings is 2. The molecule has 1 unspecified atom stereocenters. The lowest BCUT2D eigenvalue weighted by molar-refractivity contribution is -0.136. The Labute approximate surface area is 166 Å². The van der Waals surface area contributed by atoms with Crippen molar-refractivity contribution in [2.45, 2.75) is 39.3 Å². The third-order valence-corrected chi connectivity index (χ3v) is 5.23. The summed E-state index contributed by atoms with van der Waals surface area (Å²) in [6, 6.07) is 15.2. The largest absolute Gasteiger partial charge is 0.497 e. The monoisotopic (exact) mass is 381 g/mol. The summed E-state index contributed by atoms with van der Waals surface area (Å²) in [6.45, 7) is 4.02. The molecule has 1 fully saturated rings. The number of rotatable bonds is 9. The van der Waals surface area contributed by atoms with E-state index in [1.54, 1.807) is 25.3 Å². The van der Waals surface area contributed by atoms with Crippen LogP contribution in [0.3, 0.4) is 0 Å². The summed E-state index contributed by atoms with van der Waals surface area (Å²) in [7, 11) is 1.55. The van der Waals surface area contributed by atoms with Crippen LogP contribution in [-0.2, 0) is 11.3 Å². The molecule has 1 atom stereocenters. The third-order valence-electron chi connectivity index (χ3n) is 5.23. The zero-order valence-corrected chi connectivity index (χ0v) is 16.7. The Balaban J connectivity index is 1.74. The molecular weight excluding hydrogens is 354 g/mol. The van der Waals surface area contributed by atoms with E-state index in [9.17, 15) is 9.59 Å². The van der Waals surface area contributed by atoms with Crippen LogP contribution in [0.15, 0.2) is 48.5 Å². The number of methoxy groups -OCH3 is 1. The second-order valence-corrected chi connectivity index (χ2v) is 7.29. The molecule has 28 heavy (non-hydrogen) atoms. The molecule has 2 aromatic rings. The summed E-state index contributed by atoms with van der Waals surface area (Å²) >= 11 is 0. The van der Waals surface area contributed by atoms with Crippen molar-refractivity contribution in [3.05, 3.63) is 59.7 Å². The van der Waals surface area contributed by atoms with Gasteiger partial charge in [-0.2, -0.15) is 0 Å². The van der Waals surface area contributed by atoms with Gasteiger partial charge in [-0.25, -0.2) is 0 Å². The Morgan fingerprint density at radius 1 is 1.14 bits per heavy atom. The predicted molar refractivity (Wildman–Crippen MR) is 108 cm³/mol. The minimum Gasteiger partial charge on any atom is -0.497 e. The maximum absolute atomic E-state index is 13.0. The van der Waals surface area contributed by atoms with Gasteiger partial charge in [0.1, 0.15) is 11.5 Å². The molecule has 1 aliphatic carbocycles. The molecule has 0 bridgehead atoms. The number of ether oxygens (including phenoxy) is 2. The van der Waals surface area contributed by atoms with Crippen molar-refractivity contribution >= 4 is 11.7 Å². The molecule has 0 N–H and O–H groups in total. The van der Waals surface area contributed by atoms with Crippen molar-refractivity contribution in [2.24, 2.45) is 5.92 Å². The van der Waals surface area contributed by atoms with E-state index in [4.69, 9.17) is 9.47 Å². The van der Waals surface area contributed by atoms with Gasteiger partial charge in [0.25, 0.3) is 5.91 Å². The van der Waals surface area contributed by atoms with Crippen LogP contribution in [-0.4, -0.2) is 36.3 Å². The number of hydrogen-bond acceptors (Lipinski definition) is 4. The van der Waals surface area contributed by atoms with Gasteiger partial charge in [0, 0.05) is 18.7 Å². The molecule has 5 heteroatoms. The zero-order chi connectivity index (χ0) is 20.1. The maximum atomic E-state index is 13.0. The van der Waals surface area contributed by atoms with Crippen LogP contribution in [0.4, 0.5) is 0 Å². The van der Waals surface area contributed by atoms with Gasteiger partial charge in [-0.15, -0.1) is 0 Å². The molecule has 0 spiro atoms. The van der Waals surface area contributed by atoms with Gasteiger partial charge in [-0.3, -0.25) is 9.59 Å². The molecule has 148 valence electrons. The minimum absolute atomic E-state index is 0.0828. The number of carbonyl (C=O) groups is 2. The van der Waals surface area contributed by atoms with Gasteiger partial charge in [0.05, 0.1) is 12.7 Å². The average Bonchev–Trinajstić information content (AvgIpc) is 3.55. The second kappa shape index (κ2) is 8.91. The highest BCUT2D eigenvalue weighted by atomic mass is 16.5. The SMILES string of the molecule is COc1ccc(C(C)=O)c(OCC(=O)N(Cc2ccccc2)C(C)C2CC2)c1. The third kappa shape index (κ3) is 4.91. The van der Waals surface area contributed by atoms with Crippen molar-refractivity contribution < 1.29 is 19.1 Å². The Hall–Kier alpha value is -2.82. The van der Waals surface area contributed by atoms with E-state index in [0.717, 1.165) is 18.4 Å². The van der Waals surface area contributed by atoms with Crippen molar-refractivity contribution in [1.29, 1.82) is 0 Å². The van der Waals surface area contributed by atoms with E-state index in [1.165, 1.54) is 6.92 Å². The van der Waals surface area contributed by atoms with Crippen molar-refractivity contribution in [3.63, 3.8) is 0 Å². The molecule has 0 aromatic heterocycles. The highest BCUT2D eigenvalue weighted by Gasteiger charge is 2.34. The summed E-state index contributed by atoms with van der Waals surface area (Å²) in [5.74, 6) is 1.31. The van der Waals surface area contributed by atoms with E-state index < -0.39 is 0 Å². The second-order valence-electron chi connectivity index (χ2n) is 7.29. The van der Waals surface area contributed by atoms with E-state index in [2.05, 4.69) is 6.92 Å². The highest BCUT2D eigenvalue weighted by molar-refractivity contribution is 5.97. The van der Waals surface area contributed by atoms with Crippen LogP contribution in [0, 0.1) is 5.92 Å². The maximum Gasteiger partial charge on any atom is 0.261 e. The first-order valence-electron chi connectivity index (χ1n) is 9.64. The molecule has 1 saturated carbocycles. The first-order chi connectivity index (χ1) is 13.5. The van der Waals surface area contributed by atoms with Crippen molar-refractivity contribution in [3.8, 4) is 11.5 Å². The Bertz CT molecular complexity index is 830. The number of carbonyl (C=O) groups excluding carboxylic acids is 2. The zero-order valence-electron chi connectivity index (χ0n) is 16.7. The molecule has 0 aliphatic heterocycles. The van der Waals surface area contributed by atoms with E-state index in [-0.39, 0.29) is 24.3 Å². The topological polar surface area (TPSA) is 55.8 Å². The van der Waals surface area contributed by atoms with Gasteiger partial charge in [-0.05, 0) is 50.3 Å². The van der Waals surface area contributed by atoms with Gasteiger partial charge in [-0.1, -0.05) is 30.3 Å². The first-order valence-corrected chi connectivity index (χ1v) is 9.64. The van der Waals surface area contributed by atoms with Gasteiger partial charge in [0.2, 0.25) is 0 Å². The minimum atomic E-state index is -0.114. The van der Waals surface area contributed by atoms with Crippen LogP contribution in [0.5, 0.6) is 11.5 Å². The molecule has 0 radical (unpaired) electrons. The molecule has 1 aliphatic rings. The number of Topliss-reactive ketones (excluding diaryl/α,β-unsaturated/α-hetero) is 1. The van der Waals surface area contributed by atoms with E-state index in [0.29, 0.717) is 29.5 Å². The standard InChI is InChI=1S/C23H27NO4/c1-16(19-9-10-19)24(14-18-7-5-4-6-8-18)23(26)15-28-22-13-20(27-3)11-12-21(22)17(2)25/h4-8,11-13,16,19H,9-10,14-15H2,1-3H3. The fourth-order valence-electron chi connectivity index (χ4n) is 3.33. The quantitative estimate of drug-likeness (QED) is 0.614. The van der Waals surface area contributed by atoms with E-state index in [1.807, 2.05) is 35.2 Å².